The van der Waals surface area contributed by atoms with Crippen LogP contribution in [0.2, 0.25) is 0 Å². The van der Waals surface area contributed by atoms with E-state index in [1.807, 2.05) is 28.8 Å². The number of nitrogens with zero attached hydrogens (tertiary/aromatic N) is 3. The molecule has 2 aromatic carbocycles. The first-order valence-electron chi connectivity index (χ1n) is 8.87. The molecule has 28 heavy (non-hydrogen) atoms. The molecule has 1 unspecified atom stereocenters. The second kappa shape index (κ2) is 6.80. The van der Waals surface area contributed by atoms with Gasteiger partial charge in [0, 0.05) is 17.8 Å². The van der Waals surface area contributed by atoms with Gasteiger partial charge in [-0.15, -0.1) is 0 Å². The highest BCUT2D eigenvalue weighted by molar-refractivity contribution is 5.94. The Morgan fingerprint density at radius 2 is 1.96 bits per heavy atom. The first kappa shape index (κ1) is 17.7. The van der Waals surface area contributed by atoms with Crippen LogP contribution in [0, 0.1) is 10.1 Å². The van der Waals surface area contributed by atoms with Gasteiger partial charge in [0.1, 0.15) is 0 Å². The second-order valence-electron chi connectivity index (χ2n) is 6.43. The van der Waals surface area contributed by atoms with Gasteiger partial charge >= 0.3 is 5.97 Å². The Balaban J connectivity index is 1.94. The maximum absolute atomic E-state index is 12.8. The Morgan fingerprint density at radius 1 is 1.25 bits per heavy atom. The molecule has 8 heteroatoms. The number of ether oxygens (including phenoxy) is 1. The molecule has 1 N–H and O–H groups in total. The number of hydrogen-bond donors (Lipinski definition) is 1. The minimum Gasteiger partial charge on any atom is -0.463 e. The molecule has 3 aromatic rings. The number of nitro groups is 1. The van der Waals surface area contributed by atoms with Crippen molar-refractivity contribution in [1.29, 1.82) is 0 Å². The van der Waals surface area contributed by atoms with Crippen molar-refractivity contribution in [3.8, 4) is 0 Å². The van der Waals surface area contributed by atoms with Crippen LogP contribution >= 0.6 is 0 Å². The molecule has 0 saturated carbocycles. The Hall–Kier alpha value is -3.68. The molecular formula is C20H18N4O4. The molecule has 142 valence electrons. The third-order valence-corrected chi connectivity index (χ3v) is 4.75. The number of fused-ring (bicyclic) bond motifs is 3. The van der Waals surface area contributed by atoms with Crippen LogP contribution in [-0.4, -0.2) is 27.1 Å². The Bertz CT molecular complexity index is 1110. The van der Waals surface area contributed by atoms with E-state index in [4.69, 9.17) is 4.74 Å². The van der Waals surface area contributed by atoms with E-state index in [-0.39, 0.29) is 12.3 Å². The number of anilines is 1. The molecule has 0 fully saturated rings. The average Bonchev–Trinajstić information content (AvgIpc) is 3.05. The van der Waals surface area contributed by atoms with Gasteiger partial charge in [-0.2, -0.15) is 0 Å². The van der Waals surface area contributed by atoms with Gasteiger partial charge < -0.3 is 10.1 Å². The summed E-state index contributed by atoms with van der Waals surface area (Å²) in [7, 11) is 0. The van der Waals surface area contributed by atoms with E-state index in [0.29, 0.717) is 17.2 Å². The topological polar surface area (TPSA) is 99.3 Å². The number of hydrogen-bond acceptors (Lipinski definition) is 6. The summed E-state index contributed by atoms with van der Waals surface area (Å²) in [5, 5.41) is 14.2. The highest BCUT2D eigenvalue weighted by Gasteiger charge is 2.35. The molecule has 8 nitrogen and oxygen atoms in total. The normalized spacial score (nSPS) is 15.9. The molecular weight excluding hydrogens is 360 g/mol. The number of imidazole rings is 1. The molecule has 0 amide bonds. The monoisotopic (exact) mass is 378 g/mol. The zero-order chi connectivity index (χ0) is 19.8. The van der Waals surface area contributed by atoms with E-state index in [9.17, 15) is 14.9 Å². The summed E-state index contributed by atoms with van der Waals surface area (Å²) in [6.45, 7) is 3.80. The fourth-order valence-corrected chi connectivity index (χ4v) is 3.53. The highest BCUT2D eigenvalue weighted by atomic mass is 16.6. The zero-order valence-electron chi connectivity index (χ0n) is 15.4. The number of benzene rings is 2. The zero-order valence-corrected chi connectivity index (χ0v) is 15.4. The number of rotatable bonds is 4. The molecule has 1 aliphatic rings. The summed E-state index contributed by atoms with van der Waals surface area (Å²) in [4.78, 5) is 28.0. The molecule has 2 heterocycles. The maximum Gasteiger partial charge on any atom is 0.338 e. The van der Waals surface area contributed by atoms with Crippen molar-refractivity contribution in [2.45, 2.75) is 19.9 Å². The van der Waals surface area contributed by atoms with Gasteiger partial charge in [-0.1, -0.05) is 12.1 Å². The number of esters is 1. The lowest BCUT2D eigenvalue weighted by Crippen LogP contribution is -2.29. The minimum atomic E-state index is -0.511. The van der Waals surface area contributed by atoms with Crippen molar-refractivity contribution in [3.63, 3.8) is 0 Å². The van der Waals surface area contributed by atoms with Gasteiger partial charge in [0.25, 0.3) is 5.69 Å². The van der Waals surface area contributed by atoms with Gasteiger partial charge in [0.15, 0.2) is 0 Å². The van der Waals surface area contributed by atoms with E-state index in [2.05, 4.69) is 10.3 Å². The molecule has 1 aromatic heterocycles. The maximum atomic E-state index is 12.8. The van der Waals surface area contributed by atoms with Gasteiger partial charge in [-0.05, 0) is 43.7 Å². The predicted molar refractivity (Wildman–Crippen MR) is 104 cm³/mol. The standard InChI is InChI=1S/C20H18N4O4/c1-3-28-19(25)17-12(2)21-20-22-15-6-4-5-7-16(15)23(20)18(17)13-8-10-14(11-9-13)24(26)27/h4-11,18H,3H2,1-2H3,(H,21,22). The van der Waals surface area contributed by atoms with Gasteiger partial charge in [-0.3, -0.25) is 14.7 Å². The lowest BCUT2D eigenvalue weighted by Gasteiger charge is -2.30. The summed E-state index contributed by atoms with van der Waals surface area (Å²) in [5.41, 5.74) is 3.46. The summed E-state index contributed by atoms with van der Waals surface area (Å²) in [6, 6.07) is 13.3. The molecule has 0 saturated heterocycles. The SMILES string of the molecule is CCOC(=O)C1=C(C)Nc2nc3ccccc3n2C1c1ccc([N+](=O)[O-])cc1. The smallest absolute Gasteiger partial charge is 0.338 e. The Labute approximate surface area is 160 Å². The van der Waals surface area contributed by atoms with Gasteiger partial charge in [0.2, 0.25) is 5.95 Å². The van der Waals surface area contributed by atoms with E-state index >= 15 is 0 Å². The number of aromatic nitrogens is 2. The lowest BCUT2D eigenvalue weighted by molar-refractivity contribution is -0.384. The molecule has 4 rings (SSSR count). The van der Waals surface area contributed by atoms with E-state index in [1.54, 1.807) is 26.0 Å². The van der Waals surface area contributed by atoms with Crippen LogP contribution in [0.3, 0.4) is 0 Å². The third-order valence-electron chi connectivity index (χ3n) is 4.75. The molecule has 1 aliphatic heterocycles. The Kier molecular flexibility index (Phi) is 4.31. The molecule has 0 bridgehead atoms. The number of carbonyl (C=O) groups is 1. The predicted octanol–water partition coefficient (Wildman–Crippen LogP) is 3.80. The average molecular weight is 378 g/mol. The highest BCUT2D eigenvalue weighted by Crippen LogP contribution is 2.39. The summed E-state index contributed by atoms with van der Waals surface area (Å²) >= 11 is 0. The Morgan fingerprint density at radius 3 is 2.64 bits per heavy atom. The fraction of sp³-hybridized carbons (Fsp3) is 0.200. The van der Waals surface area contributed by atoms with Crippen molar-refractivity contribution >= 4 is 28.6 Å². The largest absolute Gasteiger partial charge is 0.463 e. The van der Waals surface area contributed by atoms with E-state index < -0.39 is 16.9 Å². The van der Waals surface area contributed by atoms with Crippen molar-refractivity contribution in [2.24, 2.45) is 0 Å². The van der Waals surface area contributed by atoms with Gasteiger partial charge in [-0.25, -0.2) is 9.78 Å². The summed E-state index contributed by atoms with van der Waals surface area (Å²) < 4.78 is 7.22. The molecule has 0 aliphatic carbocycles. The van der Waals surface area contributed by atoms with Crippen molar-refractivity contribution in [2.75, 3.05) is 11.9 Å². The minimum absolute atomic E-state index is 0.00761. The number of carbonyl (C=O) groups excluding carboxylic acids is 1. The number of non-ortho nitro benzene ring substituents is 1. The van der Waals surface area contributed by atoms with Crippen LogP contribution in [-0.2, 0) is 9.53 Å². The van der Waals surface area contributed by atoms with E-state index in [0.717, 1.165) is 16.6 Å². The van der Waals surface area contributed by atoms with Crippen LogP contribution in [0.4, 0.5) is 11.6 Å². The first-order valence-corrected chi connectivity index (χ1v) is 8.87. The van der Waals surface area contributed by atoms with Gasteiger partial charge in [0.05, 0.1) is 34.2 Å². The number of nitro benzene ring substituents is 1. The first-order chi connectivity index (χ1) is 13.5. The van der Waals surface area contributed by atoms with Crippen LogP contribution in [0.15, 0.2) is 59.8 Å². The number of allylic oxidation sites excluding steroid dienone is 1. The quantitative estimate of drug-likeness (QED) is 0.421. The molecule has 0 spiro atoms. The summed E-state index contributed by atoms with van der Waals surface area (Å²) in [5.74, 6) is 0.175. The second-order valence-corrected chi connectivity index (χ2v) is 6.43. The van der Waals surface area contributed by atoms with Crippen LogP contribution in [0.25, 0.3) is 11.0 Å². The summed E-state index contributed by atoms with van der Waals surface area (Å²) in [6.07, 6.45) is 0. The fourth-order valence-electron chi connectivity index (χ4n) is 3.53. The van der Waals surface area contributed by atoms with Crippen molar-refractivity contribution in [3.05, 3.63) is 75.5 Å². The van der Waals surface area contributed by atoms with Crippen LogP contribution in [0.5, 0.6) is 0 Å². The van der Waals surface area contributed by atoms with Crippen LogP contribution < -0.4 is 5.32 Å². The number of nitrogens with one attached hydrogen (secondary N) is 1. The lowest BCUT2D eigenvalue weighted by atomic mass is 9.95. The van der Waals surface area contributed by atoms with Crippen molar-refractivity contribution in [1.82, 2.24) is 9.55 Å². The van der Waals surface area contributed by atoms with Crippen molar-refractivity contribution < 1.29 is 14.5 Å². The number of para-hydroxylation sites is 2. The molecule has 0 radical (unpaired) electrons. The van der Waals surface area contributed by atoms with E-state index in [1.165, 1.54) is 12.1 Å². The third kappa shape index (κ3) is 2.79. The van der Waals surface area contributed by atoms with Crippen LogP contribution in [0.1, 0.15) is 25.5 Å². The molecule has 1 atom stereocenters.